The van der Waals surface area contributed by atoms with E-state index < -0.39 is 12.2 Å². The Labute approximate surface area is 110 Å². The average molecular weight is 258 g/mol. The molecule has 0 fully saturated rings. The van der Waals surface area contributed by atoms with Gasteiger partial charge in [-0.15, -0.1) is 0 Å². The van der Waals surface area contributed by atoms with Crippen molar-refractivity contribution in [3.05, 3.63) is 54.1 Å². The summed E-state index contributed by atoms with van der Waals surface area (Å²) in [5.74, 6) is 1.36. The summed E-state index contributed by atoms with van der Waals surface area (Å²) >= 11 is 0. The van der Waals surface area contributed by atoms with Gasteiger partial charge in [-0.05, 0) is 30.3 Å². The quantitative estimate of drug-likeness (QED) is 0.867. The predicted molar refractivity (Wildman–Crippen MR) is 69.4 cm³/mol. The van der Waals surface area contributed by atoms with Gasteiger partial charge in [-0.1, -0.05) is 18.2 Å². The van der Waals surface area contributed by atoms with Gasteiger partial charge < -0.3 is 19.7 Å². The van der Waals surface area contributed by atoms with E-state index in [4.69, 9.17) is 9.47 Å². The molecule has 2 N–H and O–H groups in total. The molecule has 2 aromatic rings. The molecule has 0 aliphatic carbocycles. The highest BCUT2D eigenvalue weighted by Gasteiger charge is 2.31. The van der Waals surface area contributed by atoms with Crippen LogP contribution in [0.2, 0.25) is 0 Å². The van der Waals surface area contributed by atoms with Crippen molar-refractivity contribution in [1.29, 1.82) is 0 Å². The van der Waals surface area contributed by atoms with Crippen LogP contribution in [0.15, 0.2) is 48.5 Å². The summed E-state index contributed by atoms with van der Waals surface area (Å²) in [6, 6.07) is 14.0. The van der Waals surface area contributed by atoms with Gasteiger partial charge in [0.1, 0.15) is 30.0 Å². The molecule has 0 amide bonds. The van der Waals surface area contributed by atoms with Crippen molar-refractivity contribution < 1.29 is 19.7 Å². The van der Waals surface area contributed by atoms with E-state index in [1.165, 1.54) is 12.1 Å². The molecule has 0 bridgehead atoms. The normalized spacial score (nSPS) is 21.3. The first-order valence-corrected chi connectivity index (χ1v) is 6.09. The molecule has 1 aliphatic heterocycles. The van der Waals surface area contributed by atoms with E-state index in [-0.39, 0.29) is 12.4 Å². The van der Waals surface area contributed by atoms with Crippen molar-refractivity contribution in [2.45, 2.75) is 12.2 Å². The van der Waals surface area contributed by atoms with E-state index in [1.807, 2.05) is 30.3 Å². The summed E-state index contributed by atoms with van der Waals surface area (Å²) in [5, 5.41) is 19.8. The first-order chi connectivity index (χ1) is 9.24. The molecule has 98 valence electrons. The number of hydrogen-bond donors (Lipinski definition) is 2. The Hall–Kier alpha value is -2.20. The van der Waals surface area contributed by atoms with Gasteiger partial charge in [-0.2, -0.15) is 0 Å². The molecule has 2 aromatic carbocycles. The molecule has 0 aromatic heterocycles. The van der Waals surface area contributed by atoms with Crippen molar-refractivity contribution in [3.63, 3.8) is 0 Å². The van der Waals surface area contributed by atoms with Crippen molar-refractivity contribution in [2.24, 2.45) is 0 Å². The molecule has 4 nitrogen and oxygen atoms in total. The minimum absolute atomic E-state index is 0.0989. The molecule has 0 saturated heterocycles. The lowest BCUT2D eigenvalue weighted by Gasteiger charge is -2.30. The highest BCUT2D eigenvalue weighted by molar-refractivity contribution is 5.43. The number of aliphatic hydroxyl groups is 1. The van der Waals surface area contributed by atoms with Crippen LogP contribution in [0.3, 0.4) is 0 Å². The number of fused-ring (bicyclic) bond motifs is 1. The van der Waals surface area contributed by atoms with Gasteiger partial charge in [0, 0.05) is 5.56 Å². The number of rotatable bonds is 2. The Balaban J connectivity index is 1.83. The molecule has 0 radical (unpaired) electrons. The first-order valence-electron chi connectivity index (χ1n) is 6.09. The molecule has 2 atom stereocenters. The molecule has 3 rings (SSSR count). The first kappa shape index (κ1) is 11.9. The fraction of sp³-hybridized carbons (Fsp3) is 0.200. The Kier molecular flexibility index (Phi) is 3.01. The Morgan fingerprint density at radius 1 is 1.11 bits per heavy atom. The zero-order valence-corrected chi connectivity index (χ0v) is 10.2. The van der Waals surface area contributed by atoms with Crippen molar-refractivity contribution in [3.8, 4) is 17.2 Å². The van der Waals surface area contributed by atoms with Crippen LogP contribution < -0.4 is 9.47 Å². The number of aromatic hydroxyl groups is 1. The van der Waals surface area contributed by atoms with Gasteiger partial charge in [-0.25, -0.2) is 0 Å². The van der Waals surface area contributed by atoms with Crippen LogP contribution in [-0.2, 0) is 0 Å². The molecule has 19 heavy (non-hydrogen) atoms. The van der Waals surface area contributed by atoms with Crippen LogP contribution in [0.5, 0.6) is 17.2 Å². The lowest BCUT2D eigenvalue weighted by molar-refractivity contribution is -0.0104. The summed E-state index contributed by atoms with van der Waals surface area (Å²) < 4.78 is 11.2. The molecule has 1 aliphatic rings. The minimum Gasteiger partial charge on any atom is -0.508 e. The van der Waals surface area contributed by atoms with Crippen LogP contribution in [0.4, 0.5) is 0 Å². The van der Waals surface area contributed by atoms with Crippen LogP contribution in [0, 0.1) is 0 Å². The topological polar surface area (TPSA) is 58.9 Å². The maximum Gasteiger partial charge on any atom is 0.163 e. The monoisotopic (exact) mass is 258 g/mol. The summed E-state index contributed by atoms with van der Waals surface area (Å²) in [5.41, 5.74) is 0.548. The zero-order valence-electron chi connectivity index (χ0n) is 10.2. The van der Waals surface area contributed by atoms with Gasteiger partial charge in [0.25, 0.3) is 0 Å². The van der Waals surface area contributed by atoms with Crippen molar-refractivity contribution in [2.75, 3.05) is 6.61 Å². The van der Waals surface area contributed by atoms with Gasteiger partial charge >= 0.3 is 0 Å². The second kappa shape index (κ2) is 4.82. The maximum atomic E-state index is 10.3. The second-order valence-electron chi connectivity index (χ2n) is 4.45. The van der Waals surface area contributed by atoms with Gasteiger partial charge in [0.15, 0.2) is 6.10 Å². The molecule has 0 spiro atoms. The standard InChI is InChI=1S/C15H14O4/c16-10-6-7-13-12(8-10)15(17)14(9-18-13)19-11-4-2-1-3-5-11/h1-8,14-17H,9H2/t14-,15-/m1/s1. The Bertz CT molecular complexity index is 568. The Morgan fingerprint density at radius 2 is 1.89 bits per heavy atom. The van der Waals surface area contributed by atoms with Gasteiger partial charge in [0.2, 0.25) is 0 Å². The zero-order chi connectivity index (χ0) is 13.2. The number of para-hydroxylation sites is 1. The summed E-state index contributed by atoms with van der Waals surface area (Å²) in [6.45, 7) is 0.272. The number of aliphatic hydroxyl groups excluding tert-OH is 1. The fourth-order valence-electron chi connectivity index (χ4n) is 2.13. The third kappa shape index (κ3) is 2.35. The van der Waals surface area contributed by atoms with E-state index in [1.54, 1.807) is 6.07 Å². The van der Waals surface area contributed by atoms with Crippen molar-refractivity contribution >= 4 is 0 Å². The number of phenols is 1. The highest BCUT2D eigenvalue weighted by atomic mass is 16.5. The molecular weight excluding hydrogens is 244 g/mol. The van der Waals surface area contributed by atoms with Crippen LogP contribution in [0.25, 0.3) is 0 Å². The third-order valence-corrected chi connectivity index (χ3v) is 3.10. The van der Waals surface area contributed by atoms with Gasteiger partial charge in [-0.3, -0.25) is 0 Å². The fourth-order valence-corrected chi connectivity index (χ4v) is 2.13. The number of ether oxygens (including phenoxy) is 2. The minimum atomic E-state index is -0.823. The van der Waals surface area contributed by atoms with E-state index in [2.05, 4.69) is 0 Å². The molecule has 1 heterocycles. The van der Waals surface area contributed by atoms with Crippen molar-refractivity contribution in [1.82, 2.24) is 0 Å². The Morgan fingerprint density at radius 3 is 2.68 bits per heavy atom. The largest absolute Gasteiger partial charge is 0.508 e. The van der Waals surface area contributed by atoms with Crippen LogP contribution >= 0.6 is 0 Å². The van der Waals surface area contributed by atoms with Crippen LogP contribution in [0.1, 0.15) is 11.7 Å². The summed E-state index contributed by atoms with van der Waals surface area (Å²) in [4.78, 5) is 0. The lowest BCUT2D eigenvalue weighted by Crippen LogP contribution is -2.35. The SMILES string of the molecule is Oc1ccc2c(c1)[C@@H](O)[C@H](Oc1ccccc1)CO2. The number of phenolic OH excluding ortho intramolecular Hbond substituents is 1. The maximum absolute atomic E-state index is 10.3. The number of benzene rings is 2. The van der Waals surface area contributed by atoms with E-state index in [9.17, 15) is 10.2 Å². The average Bonchev–Trinajstić information content (AvgIpc) is 2.44. The third-order valence-electron chi connectivity index (χ3n) is 3.10. The molecule has 0 saturated carbocycles. The predicted octanol–water partition coefficient (Wildman–Crippen LogP) is 2.27. The van der Waals surface area contributed by atoms with Gasteiger partial charge in [0.05, 0.1) is 0 Å². The summed E-state index contributed by atoms with van der Waals surface area (Å²) in [6.07, 6.45) is -1.31. The lowest BCUT2D eigenvalue weighted by atomic mass is 10.0. The molecule has 0 unspecified atom stereocenters. The molecule has 4 heteroatoms. The summed E-state index contributed by atoms with van der Waals surface area (Å²) in [7, 11) is 0. The van der Waals surface area contributed by atoms with E-state index >= 15 is 0 Å². The smallest absolute Gasteiger partial charge is 0.163 e. The van der Waals surface area contributed by atoms with Crippen LogP contribution in [-0.4, -0.2) is 22.9 Å². The highest BCUT2D eigenvalue weighted by Crippen LogP contribution is 2.35. The van der Waals surface area contributed by atoms with E-state index in [0.29, 0.717) is 17.1 Å². The number of hydrogen-bond acceptors (Lipinski definition) is 4. The second-order valence-corrected chi connectivity index (χ2v) is 4.45. The van der Waals surface area contributed by atoms with E-state index in [0.717, 1.165) is 0 Å². The molecular formula is C15H14O4.